The van der Waals surface area contributed by atoms with Crippen molar-refractivity contribution in [1.29, 1.82) is 0 Å². The molecule has 6 nitrogen and oxygen atoms in total. The molecule has 24 heavy (non-hydrogen) atoms. The highest BCUT2D eigenvalue weighted by atomic mass is 79.9. The lowest BCUT2D eigenvalue weighted by Gasteiger charge is -2.34. The van der Waals surface area contributed by atoms with E-state index in [4.69, 9.17) is 4.42 Å². The van der Waals surface area contributed by atoms with E-state index >= 15 is 0 Å². The molecule has 1 aliphatic heterocycles. The molecule has 8 heteroatoms. The van der Waals surface area contributed by atoms with Gasteiger partial charge >= 0.3 is 6.03 Å². The number of carbonyl (C=O) groups is 2. The average Bonchev–Trinajstić information content (AvgIpc) is 3.11. The van der Waals surface area contributed by atoms with Gasteiger partial charge in [0.2, 0.25) is 0 Å². The summed E-state index contributed by atoms with van der Waals surface area (Å²) in [6.45, 7) is 1.54. The van der Waals surface area contributed by atoms with Gasteiger partial charge in [0, 0.05) is 30.7 Å². The van der Waals surface area contributed by atoms with Gasteiger partial charge in [0.05, 0.1) is 12.0 Å². The van der Waals surface area contributed by atoms with Crippen molar-refractivity contribution in [3.8, 4) is 0 Å². The van der Waals surface area contributed by atoms with Gasteiger partial charge in [-0.15, -0.1) is 0 Å². The summed E-state index contributed by atoms with van der Waals surface area (Å²) in [4.78, 5) is 27.6. The predicted octanol–water partition coefficient (Wildman–Crippen LogP) is 3.17. The number of hydrogen-bond donors (Lipinski definition) is 1. The van der Waals surface area contributed by atoms with Gasteiger partial charge in [-0.3, -0.25) is 4.79 Å². The zero-order valence-corrected chi connectivity index (χ0v) is 14.3. The number of anilines is 1. The van der Waals surface area contributed by atoms with Crippen molar-refractivity contribution in [1.82, 2.24) is 9.80 Å². The fourth-order valence-electron chi connectivity index (χ4n) is 2.45. The van der Waals surface area contributed by atoms with Crippen molar-refractivity contribution in [2.24, 2.45) is 0 Å². The standard InChI is InChI=1S/C16H15BrFN3O3/c17-11-3-4-13(12(18)10-11)19-16(23)21-7-5-20(6-8-21)15(22)14-2-1-9-24-14/h1-4,9-10H,5-8H2,(H,19,23). The Morgan fingerprint density at radius 1 is 1.12 bits per heavy atom. The molecular weight excluding hydrogens is 381 g/mol. The van der Waals surface area contributed by atoms with Crippen molar-refractivity contribution in [2.45, 2.75) is 0 Å². The minimum atomic E-state index is -0.510. The number of furan rings is 1. The van der Waals surface area contributed by atoms with Crippen LogP contribution in [0.3, 0.4) is 0 Å². The van der Waals surface area contributed by atoms with Crippen molar-refractivity contribution < 1.29 is 18.4 Å². The van der Waals surface area contributed by atoms with Crippen LogP contribution in [0.25, 0.3) is 0 Å². The molecule has 1 aromatic carbocycles. The molecule has 0 spiro atoms. The van der Waals surface area contributed by atoms with E-state index in [9.17, 15) is 14.0 Å². The van der Waals surface area contributed by atoms with Gasteiger partial charge in [-0.1, -0.05) is 15.9 Å². The molecule has 1 saturated heterocycles. The minimum Gasteiger partial charge on any atom is -0.459 e. The summed E-state index contributed by atoms with van der Waals surface area (Å²) in [5.74, 6) is -0.423. The van der Waals surface area contributed by atoms with E-state index in [1.54, 1.807) is 28.0 Å². The Morgan fingerprint density at radius 3 is 2.46 bits per heavy atom. The normalized spacial score (nSPS) is 14.6. The van der Waals surface area contributed by atoms with Crippen LogP contribution in [0, 0.1) is 5.82 Å². The van der Waals surface area contributed by atoms with Gasteiger partial charge in [0.1, 0.15) is 5.82 Å². The van der Waals surface area contributed by atoms with E-state index in [1.807, 2.05) is 0 Å². The number of amides is 3. The van der Waals surface area contributed by atoms with Gasteiger partial charge in [-0.25, -0.2) is 9.18 Å². The van der Waals surface area contributed by atoms with E-state index in [-0.39, 0.29) is 23.4 Å². The Labute approximate surface area is 146 Å². The van der Waals surface area contributed by atoms with E-state index in [0.717, 1.165) is 0 Å². The fourth-order valence-corrected chi connectivity index (χ4v) is 2.79. The molecule has 1 N–H and O–H groups in total. The maximum Gasteiger partial charge on any atom is 0.322 e. The number of nitrogens with one attached hydrogen (secondary N) is 1. The Balaban J connectivity index is 1.56. The fraction of sp³-hybridized carbons (Fsp3) is 0.250. The molecule has 1 aromatic heterocycles. The molecule has 2 aromatic rings. The number of piperazine rings is 1. The quantitative estimate of drug-likeness (QED) is 0.848. The number of carbonyl (C=O) groups excluding carboxylic acids is 2. The highest BCUT2D eigenvalue weighted by Gasteiger charge is 2.26. The molecule has 3 amide bonds. The van der Waals surface area contributed by atoms with Crippen molar-refractivity contribution in [2.75, 3.05) is 31.5 Å². The molecule has 2 heterocycles. The second kappa shape index (κ2) is 7.04. The van der Waals surface area contributed by atoms with E-state index in [1.165, 1.54) is 18.4 Å². The number of rotatable bonds is 2. The smallest absolute Gasteiger partial charge is 0.322 e. The Bertz CT molecular complexity index is 743. The van der Waals surface area contributed by atoms with Crippen LogP contribution in [0.4, 0.5) is 14.9 Å². The molecule has 3 rings (SSSR count). The zero-order valence-electron chi connectivity index (χ0n) is 12.7. The van der Waals surface area contributed by atoms with Crippen LogP contribution in [-0.4, -0.2) is 47.9 Å². The summed E-state index contributed by atoms with van der Waals surface area (Å²) in [5.41, 5.74) is 0.122. The Hall–Kier alpha value is -2.35. The number of benzene rings is 1. The number of nitrogens with zero attached hydrogens (tertiary/aromatic N) is 2. The van der Waals surface area contributed by atoms with E-state index < -0.39 is 5.82 Å². The summed E-state index contributed by atoms with van der Waals surface area (Å²) in [5, 5.41) is 2.55. The van der Waals surface area contributed by atoms with Crippen LogP contribution >= 0.6 is 15.9 Å². The first kappa shape index (κ1) is 16.5. The first-order chi connectivity index (χ1) is 11.5. The Kier molecular flexibility index (Phi) is 4.84. The van der Waals surface area contributed by atoms with Crippen molar-refractivity contribution in [3.05, 3.63) is 52.6 Å². The molecule has 0 atom stereocenters. The summed E-state index contributed by atoms with van der Waals surface area (Å²) in [7, 11) is 0. The second-order valence-electron chi connectivity index (χ2n) is 5.31. The molecule has 0 bridgehead atoms. The highest BCUT2D eigenvalue weighted by Crippen LogP contribution is 2.20. The van der Waals surface area contributed by atoms with Crippen LogP contribution < -0.4 is 5.32 Å². The van der Waals surface area contributed by atoms with Crippen LogP contribution in [-0.2, 0) is 0 Å². The molecular formula is C16H15BrFN3O3. The SMILES string of the molecule is O=C(Nc1ccc(Br)cc1F)N1CCN(C(=O)c2ccco2)CC1. The Morgan fingerprint density at radius 2 is 1.83 bits per heavy atom. The lowest BCUT2D eigenvalue weighted by molar-refractivity contribution is 0.0640. The summed E-state index contributed by atoms with van der Waals surface area (Å²) >= 11 is 3.17. The van der Waals surface area contributed by atoms with Crippen LogP contribution in [0.2, 0.25) is 0 Å². The lowest BCUT2D eigenvalue weighted by Crippen LogP contribution is -2.51. The van der Waals surface area contributed by atoms with E-state index in [0.29, 0.717) is 30.7 Å². The van der Waals surface area contributed by atoms with Gasteiger partial charge in [-0.05, 0) is 30.3 Å². The zero-order chi connectivity index (χ0) is 17.1. The monoisotopic (exact) mass is 395 g/mol. The van der Waals surface area contributed by atoms with Crippen molar-refractivity contribution >= 4 is 33.6 Å². The van der Waals surface area contributed by atoms with E-state index in [2.05, 4.69) is 21.2 Å². The third-order valence-electron chi connectivity index (χ3n) is 3.76. The molecule has 126 valence electrons. The maximum absolute atomic E-state index is 13.8. The number of halogens is 2. The maximum atomic E-state index is 13.8. The number of urea groups is 1. The average molecular weight is 396 g/mol. The molecule has 1 fully saturated rings. The summed E-state index contributed by atoms with van der Waals surface area (Å²) < 4.78 is 19.5. The van der Waals surface area contributed by atoms with Crippen LogP contribution in [0.5, 0.6) is 0 Å². The third kappa shape index (κ3) is 3.59. The summed E-state index contributed by atoms with van der Waals surface area (Å²) in [6.07, 6.45) is 1.45. The molecule has 0 saturated carbocycles. The highest BCUT2D eigenvalue weighted by molar-refractivity contribution is 9.10. The third-order valence-corrected chi connectivity index (χ3v) is 4.25. The van der Waals surface area contributed by atoms with Crippen LogP contribution in [0.15, 0.2) is 45.5 Å². The van der Waals surface area contributed by atoms with Crippen LogP contribution in [0.1, 0.15) is 10.6 Å². The minimum absolute atomic E-state index is 0.122. The van der Waals surface area contributed by atoms with Gasteiger partial charge in [0.15, 0.2) is 5.76 Å². The van der Waals surface area contributed by atoms with Gasteiger partial charge < -0.3 is 19.5 Å². The first-order valence-electron chi connectivity index (χ1n) is 7.38. The number of hydrogen-bond acceptors (Lipinski definition) is 3. The molecule has 0 unspecified atom stereocenters. The molecule has 0 aliphatic carbocycles. The van der Waals surface area contributed by atoms with Gasteiger partial charge in [-0.2, -0.15) is 0 Å². The summed E-state index contributed by atoms with van der Waals surface area (Å²) in [6, 6.07) is 7.31. The molecule has 0 radical (unpaired) electrons. The topological polar surface area (TPSA) is 65.8 Å². The van der Waals surface area contributed by atoms with Gasteiger partial charge in [0.25, 0.3) is 5.91 Å². The molecule has 1 aliphatic rings. The lowest BCUT2D eigenvalue weighted by atomic mass is 10.3. The first-order valence-corrected chi connectivity index (χ1v) is 8.17. The largest absolute Gasteiger partial charge is 0.459 e. The second-order valence-corrected chi connectivity index (χ2v) is 6.23. The predicted molar refractivity (Wildman–Crippen MR) is 89.3 cm³/mol. The van der Waals surface area contributed by atoms with Crippen molar-refractivity contribution in [3.63, 3.8) is 0 Å².